The Balaban J connectivity index is 1.84. The molecular weight excluding hydrogens is 252 g/mol. The molecule has 0 saturated carbocycles. The SMILES string of the molecule is CCC(CC=CCC(C)c1ccccc1)c1ccccc1. The third-order valence-electron chi connectivity index (χ3n) is 4.21. The molecule has 0 N–H and O–H groups in total. The zero-order chi connectivity index (χ0) is 14.9. The largest absolute Gasteiger partial charge is 0.0879 e. The summed E-state index contributed by atoms with van der Waals surface area (Å²) in [6.07, 6.45) is 8.17. The summed E-state index contributed by atoms with van der Waals surface area (Å²) in [6, 6.07) is 21.6. The third-order valence-corrected chi connectivity index (χ3v) is 4.21. The molecular formula is C21H26. The first kappa shape index (κ1) is 15.6. The van der Waals surface area contributed by atoms with E-state index < -0.39 is 0 Å². The fourth-order valence-electron chi connectivity index (χ4n) is 2.74. The standard InChI is InChI=1S/C21H26/c1-3-19(21-16-8-5-9-17-21)13-11-10-12-18(2)20-14-6-4-7-15-20/h4-11,14-19H,3,12-13H2,1-2H3. The van der Waals surface area contributed by atoms with Crippen LogP contribution in [0.1, 0.15) is 56.1 Å². The maximum absolute atomic E-state index is 2.36. The first-order chi connectivity index (χ1) is 10.3. The van der Waals surface area contributed by atoms with Gasteiger partial charge in [-0.3, -0.25) is 0 Å². The lowest BCUT2D eigenvalue weighted by Crippen LogP contribution is -1.95. The first-order valence-electron chi connectivity index (χ1n) is 8.06. The Kier molecular flexibility index (Phi) is 6.27. The molecule has 2 aromatic carbocycles. The average molecular weight is 278 g/mol. The van der Waals surface area contributed by atoms with Gasteiger partial charge in [0.05, 0.1) is 0 Å². The van der Waals surface area contributed by atoms with Crippen LogP contribution in [0.15, 0.2) is 72.8 Å². The molecule has 0 nitrogen and oxygen atoms in total. The summed E-state index contributed by atoms with van der Waals surface area (Å²) in [6.45, 7) is 4.58. The van der Waals surface area contributed by atoms with E-state index in [2.05, 4.69) is 86.7 Å². The van der Waals surface area contributed by atoms with Crippen molar-refractivity contribution in [1.29, 1.82) is 0 Å². The molecule has 110 valence electrons. The van der Waals surface area contributed by atoms with Crippen LogP contribution in [0, 0.1) is 0 Å². The highest BCUT2D eigenvalue weighted by Gasteiger charge is 2.06. The Morgan fingerprint density at radius 1 is 0.762 bits per heavy atom. The molecule has 0 spiro atoms. The summed E-state index contributed by atoms with van der Waals surface area (Å²) in [5.41, 5.74) is 2.89. The minimum atomic E-state index is 0.597. The molecule has 0 aliphatic heterocycles. The molecule has 0 aliphatic rings. The molecule has 0 fully saturated rings. The summed E-state index contributed by atoms with van der Waals surface area (Å²) < 4.78 is 0. The van der Waals surface area contributed by atoms with Gasteiger partial charge in [-0.05, 0) is 42.2 Å². The van der Waals surface area contributed by atoms with Gasteiger partial charge in [0.15, 0.2) is 0 Å². The summed E-state index contributed by atoms with van der Waals surface area (Å²) in [4.78, 5) is 0. The van der Waals surface area contributed by atoms with Crippen molar-refractivity contribution in [3.05, 3.63) is 83.9 Å². The average Bonchev–Trinajstić information content (AvgIpc) is 2.56. The van der Waals surface area contributed by atoms with E-state index in [0.29, 0.717) is 11.8 Å². The molecule has 0 heteroatoms. The van der Waals surface area contributed by atoms with E-state index in [1.165, 1.54) is 17.5 Å². The second-order valence-electron chi connectivity index (χ2n) is 5.77. The van der Waals surface area contributed by atoms with Gasteiger partial charge < -0.3 is 0 Å². The maximum atomic E-state index is 2.36. The van der Waals surface area contributed by atoms with Gasteiger partial charge in [-0.1, -0.05) is 86.7 Å². The number of benzene rings is 2. The van der Waals surface area contributed by atoms with E-state index in [1.54, 1.807) is 0 Å². The third kappa shape index (κ3) is 4.90. The highest BCUT2D eigenvalue weighted by molar-refractivity contribution is 5.21. The Bertz CT molecular complexity index is 524. The molecule has 0 bridgehead atoms. The molecule has 0 saturated heterocycles. The van der Waals surface area contributed by atoms with Crippen LogP contribution < -0.4 is 0 Å². The highest BCUT2D eigenvalue weighted by atomic mass is 14.1. The molecule has 0 radical (unpaired) electrons. The van der Waals surface area contributed by atoms with Crippen LogP contribution in [0.3, 0.4) is 0 Å². The van der Waals surface area contributed by atoms with Crippen molar-refractivity contribution in [3.63, 3.8) is 0 Å². The van der Waals surface area contributed by atoms with Gasteiger partial charge in [0, 0.05) is 0 Å². The predicted octanol–water partition coefficient (Wildman–Crippen LogP) is 6.32. The van der Waals surface area contributed by atoms with Crippen LogP contribution in [0.25, 0.3) is 0 Å². The zero-order valence-corrected chi connectivity index (χ0v) is 13.2. The van der Waals surface area contributed by atoms with E-state index in [4.69, 9.17) is 0 Å². The smallest absolute Gasteiger partial charge is 0.0130 e. The van der Waals surface area contributed by atoms with Crippen LogP contribution in [-0.4, -0.2) is 0 Å². The van der Waals surface area contributed by atoms with Crippen LogP contribution in [0.2, 0.25) is 0 Å². The normalized spacial score (nSPS) is 14.2. The summed E-state index contributed by atoms with van der Waals surface area (Å²) >= 11 is 0. The molecule has 0 amide bonds. The minimum absolute atomic E-state index is 0.597. The first-order valence-corrected chi connectivity index (χ1v) is 8.06. The van der Waals surface area contributed by atoms with E-state index >= 15 is 0 Å². The van der Waals surface area contributed by atoms with Crippen LogP contribution in [-0.2, 0) is 0 Å². The van der Waals surface area contributed by atoms with Crippen LogP contribution >= 0.6 is 0 Å². The van der Waals surface area contributed by atoms with Crippen molar-refractivity contribution < 1.29 is 0 Å². The Morgan fingerprint density at radius 2 is 1.29 bits per heavy atom. The van der Waals surface area contributed by atoms with Gasteiger partial charge >= 0.3 is 0 Å². The van der Waals surface area contributed by atoms with Crippen molar-refractivity contribution in [2.45, 2.75) is 44.9 Å². The van der Waals surface area contributed by atoms with Gasteiger partial charge in [-0.2, -0.15) is 0 Å². The van der Waals surface area contributed by atoms with Gasteiger partial charge in [-0.15, -0.1) is 0 Å². The molecule has 0 aromatic heterocycles. The fraction of sp³-hybridized carbons (Fsp3) is 0.333. The maximum Gasteiger partial charge on any atom is -0.0130 e. The molecule has 0 aliphatic carbocycles. The van der Waals surface area contributed by atoms with Crippen molar-refractivity contribution in [2.24, 2.45) is 0 Å². The molecule has 2 atom stereocenters. The summed E-state index contributed by atoms with van der Waals surface area (Å²) in [5, 5.41) is 0. The monoisotopic (exact) mass is 278 g/mol. The molecule has 0 heterocycles. The minimum Gasteiger partial charge on any atom is -0.0879 e. The Morgan fingerprint density at radius 3 is 1.86 bits per heavy atom. The number of rotatable bonds is 7. The van der Waals surface area contributed by atoms with Crippen molar-refractivity contribution in [1.82, 2.24) is 0 Å². The van der Waals surface area contributed by atoms with Crippen molar-refractivity contribution in [3.8, 4) is 0 Å². The topological polar surface area (TPSA) is 0 Å². The van der Waals surface area contributed by atoms with E-state index in [-0.39, 0.29) is 0 Å². The van der Waals surface area contributed by atoms with Crippen LogP contribution in [0.4, 0.5) is 0 Å². The molecule has 2 rings (SSSR count). The second kappa shape index (κ2) is 8.46. The number of allylic oxidation sites excluding steroid dienone is 2. The van der Waals surface area contributed by atoms with Crippen molar-refractivity contribution in [2.75, 3.05) is 0 Å². The predicted molar refractivity (Wildman–Crippen MR) is 92.7 cm³/mol. The highest BCUT2D eigenvalue weighted by Crippen LogP contribution is 2.24. The summed E-state index contributed by atoms with van der Waals surface area (Å²) in [7, 11) is 0. The van der Waals surface area contributed by atoms with Gasteiger partial charge in [0.1, 0.15) is 0 Å². The lowest BCUT2D eigenvalue weighted by atomic mass is 9.92. The summed E-state index contributed by atoms with van der Waals surface area (Å²) in [5.74, 6) is 1.24. The van der Waals surface area contributed by atoms with Crippen LogP contribution in [0.5, 0.6) is 0 Å². The lowest BCUT2D eigenvalue weighted by molar-refractivity contribution is 0.671. The molecule has 2 unspecified atom stereocenters. The number of hydrogen-bond acceptors (Lipinski definition) is 0. The Hall–Kier alpha value is -1.82. The van der Waals surface area contributed by atoms with Gasteiger partial charge in [0.2, 0.25) is 0 Å². The fourth-order valence-corrected chi connectivity index (χ4v) is 2.74. The quantitative estimate of drug-likeness (QED) is 0.520. The van der Waals surface area contributed by atoms with Crippen molar-refractivity contribution >= 4 is 0 Å². The molecule has 21 heavy (non-hydrogen) atoms. The lowest BCUT2D eigenvalue weighted by Gasteiger charge is -2.13. The van der Waals surface area contributed by atoms with Gasteiger partial charge in [-0.25, -0.2) is 0 Å². The second-order valence-corrected chi connectivity index (χ2v) is 5.77. The number of hydrogen-bond donors (Lipinski definition) is 0. The zero-order valence-electron chi connectivity index (χ0n) is 13.2. The molecule has 2 aromatic rings. The Labute approximate surface area is 129 Å². The van der Waals surface area contributed by atoms with E-state index in [9.17, 15) is 0 Å². The van der Waals surface area contributed by atoms with E-state index in [1.807, 2.05) is 0 Å². The van der Waals surface area contributed by atoms with E-state index in [0.717, 1.165) is 12.8 Å². The van der Waals surface area contributed by atoms with Gasteiger partial charge in [0.25, 0.3) is 0 Å².